The minimum absolute atomic E-state index is 0.263. The van der Waals surface area contributed by atoms with Crippen LogP contribution in [0.3, 0.4) is 0 Å². The number of benzene rings is 4. The highest BCUT2D eigenvalue weighted by Gasteiger charge is 2.43. The van der Waals surface area contributed by atoms with Crippen molar-refractivity contribution in [1.82, 2.24) is 0 Å². The molecule has 4 rings (SSSR count). The topological polar surface area (TPSA) is 186 Å². The highest BCUT2D eigenvalue weighted by Crippen LogP contribution is 2.46. The van der Waals surface area contributed by atoms with Crippen LogP contribution in [0.15, 0.2) is 120 Å². The lowest BCUT2D eigenvalue weighted by atomic mass is 9.74. The van der Waals surface area contributed by atoms with Crippen molar-refractivity contribution in [2.75, 3.05) is 26.4 Å². The molecule has 0 unspecified atom stereocenters. The van der Waals surface area contributed by atoms with Crippen molar-refractivity contribution in [2.24, 2.45) is 27.1 Å². The van der Waals surface area contributed by atoms with Gasteiger partial charge in [0, 0.05) is 22.3 Å². The summed E-state index contributed by atoms with van der Waals surface area (Å²) in [5, 5.41) is 48.9. The van der Waals surface area contributed by atoms with Crippen LogP contribution in [0.2, 0.25) is 0 Å². The molecule has 12 nitrogen and oxygen atoms in total. The predicted octanol–water partition coefficient (Wildman–Crippen LogP) is 17.4. The lowest BCUT2D eigenvalue weighted by molar-refractivity contribution is -0.169. The first-order valence-electron chi connectivity index (χ1n) is 29.4. The lowest BCUT2D eigenvalue weighted by Gasteiger charge is -2.33. The summed E-state index contributed by atoms with van der Waals surface area (Å²) in [4.78, 5) is 59.1. The fourth-order valence-corrected chi connectivity index (χ4v) is 10.8. The Morgan fingerprint density at radius 2 is 0.435 bits per heavy atom. The van der Waals surface area contributed by atoms with Crippen molar-refractivity contribution < 1.29 is 58.6 Å². The Morgan fingerprint density at radius 3 is 0.576 bits per heavy atom. The van der Waals surface area contributed by atoms with Gasteiger partial charge in [-0.25, -0.2) is 19.2 Å². The average molecular weight is 1170 g/mol. The van der Waals surface area contributed by atoms with Crippen LogP contribution in [0.1, 0.15) is 211 Å². The fourth-order valence-electron chi connectivity index (χ4n) is 10.8. The SMILES string of the molecule is CC(C)(C)C(=C(O)C(=O)OCC(COC(=O)C(O)=C(c1ccccc1C(C)(C)C)C(C)(C)C)(COC(=O)C(O)=C(c1ccccc1C(C)(C)C)C(C)(C)C)COC(=O)C(O)=C(c1ccccc1C(C)(C)C)C(C)(C)C)c1ccccc1C(C)(C)C. The summed E-state index contributed by atoms with van der Waals surface area (Å²) in [5.74, 6) is -7.82. The number of hydrogen-bond donors (Lipinski definition) is 4. The van der Waals surface area contributed by atoms with E-state index in [9.17, 15) is 39.6 Å². The van der Waals surface area contributed by atoms with Crippen molar-refractivity contribution in [2.45, 2.75) is 188 Å². The van der Waals surface area contributed by atoms with Gasteiger partial charge in [-0.3, -0.25) is 0 Å². The van der Waals surface area contributed by atoms with E-state index >= 15 is 0 Å². The molecule has 0 aliphatic rings. The van der Waals surface area contributed by atoms with Gasteiger partial charge >= 0.3 is 23.9 Å². The molecule has 0 spiro atoms. The van der Waals surface area contributed by atoms with Gasteiger partial charge < -0.3 is 39.4 Å². The first-order chi connectivity index (χ1) is 38.6. The Balaban J connectivity index is 2.10. The molecule has 4 N–H and O–H groups in total. The molecular formula is C73H100O12. The maximum absolute atomic E-state index is 14.8. The van der Waals surface area contributed by atoms with Crippen molar-refractivity contribution >= 4 is 46.2 Å². The number of ether oxygens (including phenoxy) is 4. The van der Waals surface area contributed by atoms with E-state index in [1.165, 1.54) is 0 Å². The largest absolute Gasteiger partial charge is 0.502 e. The van der Waals surface area contributed by atoms with Crippen molar-refractivity contribution in [3.63, 3.8) is 0 Å². The molecule has 4 aromatic rings. The summed E-state index contributed by atoms with van der Waals surface area (Å²) in [5.41, 5.74) is -0.482. The highest BCUT2D eigenvalue weighted by atomic mass is 16.6. The second-order valence-corrected chi connectivity index (χ2v) is 30.9. The monoisotopic (exact) mass is 1170 g/mol. The third-order valence-electron chi connectivity index (χ3n) is 14.8. The zero-order chi connectivity index (χ0) is 65.0. The number of carbonyl (C=O) groups is 4. The molecule has 0 saturated heterocycles. The van der Waals surface area contributed by atoms with E-state index < -0.39 is 122 Å². The predicted molar refractivity (Wildman–Crippen MR) is 343 cm³/mol. The first-order valence-corrected chi connectivity index (χ1v) is 29.4. The second kappa shape index (κ2) is 25.9. The summed E-state index contributed by atoms with van der Waals surface area (Å²) >= 11 is 0. The Bertz CT molecular complexity index is 2790. The van der Waals surface area contributed by atoms with Crippen LogP contribution in [0, 0.1) is 27.1 Å². The average Bonchev–Trinajstić information content (AvgIpc) is 2.42. The van der Waals surface area contributed by atoms with Gasteiger partial charge in [0.2, 0.25) is 23.0 Å². The van der Waals surface area contributed by atoms with Gasteiger partial charge in [0.25, 0.3) is 0 Å². The normalized spacial score (nSPS) is 15.1. The van der Waals surface area contributed by atoms with Gasteiger partial charge in [-0.15, -0.1) is 0 Å². The zero-order valence-corrected chi connectivity index (χ0v) is 55.6. The number of esters is 4. The summed E-state index contributed by atoms with van der Waals surface area (Å²) in [6, 6.07) is 29.7. The van der Waals surface area contributed by atoms with Gasteiger partial charge in [-0.05, 0) is 87.8 Å². The van der Waals surface area contributed by atoms with Crippen LogP contribution < -0.4 is 0 Å². The van der Waals surface area contributed by atoms with Gasteiger partial charge in [0.05, 0.1) is 0 Å². The van der Waals surface area contributed by atoms with Gasteiger partial charge in [0.15, 0.2) is 0 Å². The number of allylic oxidation sites excluding steroid dienone is 4. The molecule has 0 aromatic heterocycles. The molecule has 0 heterocycles. The van der Waals surface area contributed by atoms with E-state index in [-0.39, 0.29) is 22.3 Å². The second-order valence-electron chi connectivity index (χ2n) is 30.9. The standard InChI is InChI=1S/C73H100O12/c1-65(2,3)49-37-29-25-33-45(49)53(69(13,14)15)57(74)61(78)82-41-73(42-83-62(79)58(75)54(70(16,17)18)46-34-26-30-38-50(46)66(4,5)6,43-84-63(80)59(76)55(71(19,20)21)47-35-27-31-39-51(47)67(7,8)9)44-85-64(81)60(77)56(72(22,23)24)48-36-28-32-40-52(48)68(10,11)12/h25-40,74-77H,41-44H2,1-24H3. The summed E-state index contributed by atoms with van der Waals surface area (Å²) in [7, 11) is 0. The third-order valence-corrected chi connectivity index (χ3v) is 14.8. The van der Waals surface area contributed by atoms with Crippen LogP contribution in [-0.2, 0) is 59.8 Å². The molecule has 0 amide bonds. The smallest absolute Gasteiger partial charge is 0.373 e. The Labute approximate surface area is 508 Å². The van der Waals surface area contributed by atoms with E-state index in [0.717, 1.165) is 22.3 Å². The van der Waals surface area contributed by atoms with E-state index in [1.54, 1.807) is 24.3 Å². The van der Waals surface area contributed by atoms with Crippen LogP contribution in [0.25, 0.3) is 22.3 Å². The van der Waals surface area contributed by atoms with E-state index in [0.29, 0.717) is 22.3 Å². The minimum Gasteiger partial charge on any atom is -0.502 e. The maximum atomic E-state index is 14.8. The fraction of sp³-hybridized carbons (Fsp3) is 0.507. The number of aliphatic hydroxyl groups excluding tert-OH is 4. The summed E-state index contributed by atoms with van der Waals surface area (Å²) in [6.45, 7) is 42.8. The molecule has 0 radical (unpaired) electrons. The molecule has 464 valence electrons. The summed E-state index contributed by atoms with van der Waals surface area (Å²) in [6.07, 6.45) is 0. The number of hydrogen-bond acceptors (Lipinski definition) is 12. The van der Waals surface area contributed by atoms with Crippen LogP contribution in [0.4, 0.5) is 0 Å². The van der Waals surface area contributed by atoms with E-state index in [4.69, 9.17) is 18.9 Å². The summed E-state index contributed by atoms with van der Waals surface area (Å²) < 4.78 is 24.4. The molecule has 12 heteroatoms. The molecule has 0 bridgehead atoms. The quantitative estimate of drug-likeness (QED) is 0.0361. The molecule has 4 aromatic carbocycles. The highest BCUT2D eigenvalue weighted by molar-refractivity contribution is 5.99. The van der Waals surface area contributed by atoms with Crippen molar-refractivity contribution in [1.29, 1.82) is 0 Å². The third kappa shape index (κ3) is 17.5. The van der Waals surface area contributed by atoms with Crippen molar-refractivity contribution in [3.8, 4) is 0 Å². The zero-order valence-electron chi connectivity index (χ0n) is 55.6. The van der Waals surface area contributed by atoms with Gasteiger partial charge in [0.1, 0.15) is 31.8 Å². The molecule has 0 saturated carbocycles. The van der Waals surface area contributed by atoms with E-state index in [1.807, 2.05) is 239 Å². The minimum atomic E-state index is -2.11. The van der Waals surface area contributed by atoms with Crippen molar-refractivity contribution in [3.05, 3.63) is 165 Å². The van der Waals surface area contributed by atoms with Crippen LogP contribution in [0.5, 0.6) is 0 Å². The van der Waals surface area contributed by atoms with Crippen LogP contribution in [-0.4, -0.2) is 70.7 Å². The van der Waals surface area contributed by atoms with Crippen LogP contribution >= 0.6 is 0 Å². The Morgan fingerprint density at radius 1 is 0.282 bits per heavy atom. The molecular weight excluding hydrogens is 1070 g/mol. The van der Waals surface area contributed by atoms with Gasteiger partial charge in [-0.2, -0.15) is 0 Å². The maximum Gasteiger partial charge on any atom is 0.373 e. The Kier molecular flexibility index (Phi) is 21.4. The molecule has 0 aliphatic heterocycles. The number of rotatable bonds is 16. The number of carbonyl (C=O) groups excluding carboxylic acids is 4. The molecule has 0 atom stereocenters. The number of aliphatic hydroxyl groups is 4. The van der Waals surface area contributed by atoms with Gasteiger partial charge in [-0.1, -0.05) is 263 Å². The Hall–Kier alpha value is -7.08. The molecule has 0 aliphatic carbocycles. The lowest BCUT2D eigenvalue weighted by Crippen LogP contribution is -2.44. The van der Waals surface area contributed by atoms with E-state index in [2.05, 4.69) is 0 Å². The molecule has 0 fully saturated rings. The first kappa shape index (κ1) is 70.4. The molecule has 85 heavy (non-hydrogen) atoms.